The molecule has 3 aromatic rings. The number of halogens is 2. The molecule has 2 nitrogen and oxygen atoms in total. The highest BCUT2D eigenvalue weighted by molar-refractivity contribution is 5.71. The SMILES string of the molecule is CC(C)Cc1ccnc(-c2cc(-c3cc(C(C)(C)C)ccn3)c(F)cc2F)c1. The molecule has 0 amide bonds. The van der Waals surface area contributed by atoms with Crippen LogP contribution in [0.3, 0.4) is 0 Å². The van der Waals surface area contributed by atoms with E-state index in [1.54, 1.807) is 12.4 Å². The molecule has 0 saturated heterocycles. The van der Waals surface area contributed by atoms with E-state index in [2.05, 4.69) is 44.6 Å². The first-order chi connectivity index (χ1) is 13.1. The lowest BCUT2D eigenvalue weighted by molar-refractivity contribution is 0.584. The largest absolute Gasteiger partial charge is 0.256 e. The Labute approximate surface area is 165 Å². The molecular formula is C24H26F2N2. The average Bonchev–Trinajstić information content (AvgIpc) is 2.61. The maximum absolute atomic E-state index is 14.6. The Morgan fingerprint density at radius 3 is 1.96 bits per heavy atom. The topological polar surface area (TPSA) is 25.8 Å². The highest BCUT2D eigenvalue weighted by Crippen LogP contribution is 2.32. The molecule has 0 saturated carbocycles. The molecular weight excluding hydrogens is 354 g/mol. The van der Waals surface area contributed by atoms with Crippen LogP contribution in [0.25, 0.3) is 22.5 Å². The van der Waals surface area contributed by atoms with Gasteiger partial charge in [0.25, 0.3) is 0 Å². The highest BCUT2D eigenvalue weighted by atomic mass is 19.1. The van der Waals surface area contributed by atoms with Gasteiger partial charge in [0.2, 0.25) is 0 Å². The van der Waals surface area contributed by atoms with Crippen LogP contribution >= 0.6 is 0 Å². The molecule has 0 aliphatic heterocycles. The van der Waals surface area contributed by atoms with Crippen LogP contribution in [-0.2, 0) is 11.8 Å². The van der Waals surface area contributed by atoms with E-state index in [-0.39, 0.29) is 16.5 Å². The Balaban J connectivity index is 2.10. The zero-order valence-corrected chi connectivity index (χ0v) is 17.1. The number of pyridine rings is 2. The molecule has 0 aliphatic carbocycles. The number of hydrogen-bond acceptors (Lipinski definition) is 2. The molecule has 3 rings (SSSR count). The molecule has 28 heavy (non-hydrogen) atoms. The van der Waals surface area contributed by atoms with Crippen molar-refractivity contribution < 1.29 is 8.78 Å². The molecule has 0 N–H and O–H groups in total. The normalized spacial score (nSPS) is 11.9. The van der Waals surface area contributed by atoms with Gasteiger partial charge >= 0.3 is 0 Å². The summed E-state index contributed by atoms with van der Waals surface area (Å²) in [5.41, 5.74) is 3.58. The molecule has 0 spiro atoms. The van der Waals surface area contributed by atoms with Crippen molar-refractivity contribution in [1.82, 2.24) is 9.97 Å². The summed E-state index contributed by atoms with van der Waals surface area (Å²) >= 11 is 0. The van der Waals surface area contributed by atoms with E-state index in [0.29, 0.717) is 17.3 Å². The van der Waals surface area contributed by atoms with Crippen molar-refractivity contribution in [2.75, 3.05) is 0 Å². The third-order valence-electron chi connectivity index (χ3n) is 4.70. The average molecular weight is 380 g/mol. The van der Waals surface area contributed by atoms with Crippen molar-refractivity contribution in [1.29, 1.82) is 0 Å². The van der Waals surface area contributed by atoms with Crippen LogP contribution in [-0.4, -0.2) is 9.97 Å². The Morgan fingerprint density at radius 2 is 1.39 bits per heavy atom. The molecule has 1 aromatic carbocycles. The van der Waals surface area contributed by atoms with Crippen molar-refractivity contribution in [2.24, 2.45) is 5.92 Å². The fourth-order valence-electron chi connectivity index (χ4n) is 3.21. The molecule has 0 atom stereocenters. The Hall–Kier alpha value is -2.62. The van der Waals surface area contributed by atoms with E-state index in [0.717, 1.165) is 23.6 Å². The van der Waals surface area contributed by atoms with E-state index < -0.39 is 11.6 Å². The zero-order chi connectivity index (χ0) is 20.5. The molecule has 2 heterocycles. The van der Waals surface area contributed by atoms with Gasteiger partial charge in [-0.2, -0.15) is 0 Å². The molecule has 0 bridgehead atoms. The lowest BCUT2D eigenvalue weighted by atomic mass is 9.87. The third-order valence-corrected chi connectivity index (χ3v) is 4.70. The predicted octanol–water partition coefficient (Wildman–Crippen LogP) is 6.58. The van der Waals surface area contributed by atoms with Crippen LogP contribution in [0.1, 0.15) is 45.7 Å². The van der Waals surface area contributed by atoms with Crippen LogP contribution in [0.4, 0.5) is 8.78 Å². The summed E-state index contributed by atoms with van der Waals surface area (Å²) in [6.45, 7) is 10.5. The monoisotopic (exact) mass is 380 g/mol. The van der Waals surface area contributed by atoms with Gasteiger partial charge in [0.1, 0.15) is 11.6 Å². The van der Waals surface area contributed by atoms with E-state index in [1.165, 1.54) is 6.07 Å². The number of nitrogens with zero attached hydrogens (tertiary/aromatic N) is 2. The van der Waals surface area contributed by atoms with Gasteiger partial charge in [0.05, 0.1) is 11.4 Å². The van der Waals surface area contributed by atoms with Crippen LogP contribution in [0.2, 0.25) is 0 Å². The summed E-state index contributed by atoms with van der Waals surface area (Å²) < 4.78 is 29.2. The maximum Gasteiger partial charge on any atom is 0.135 e. The van der Waals surface area contributed by atoms with Gasteiger partial charge in [-0.15, -0.1) is 0 Å². The minimum Gasteiger partial charge on any atom is -0.256 e. The molecule has 146 valence electrons. The van der Waals surface area contributed by atoms with E-state index in [4.69, 9.17) is 0 Å². The second-order valence-corrected chi connectivity index (χ2v) is 8.64. The first-order valence-electron chi connectivity index (χ1n) is 9.56. The summed E-state index contributed by atoms with van der Waals surface area (Å²) in [5.74, 6) is -0.770. The molecule has 4 heteroatoms. The van der Waals surface area contributed by atoms with Crippen molar-refractivity contribution in [2.45, 2.75) is 46.5 Å². The van der Waals surface area contributed by atoms with Gasteiger partial charge in [-0.3, -0.25) is 9.97 Å². The van der Waals surface area contributed by atoms with Gasteiger partial charge in [-0.25, -0.2) is 8.78 Å². The number of aromatic nitrogens is 2. The Morgan fingerprint density at radius 1 is 0.821 bits per heavy atom. The van der Waals surface area contributed by atoms with Crippen molar-refractivity contribution >= 4 is 0 Å². The quantitative estimate of drug-likeness (QED) is 0.510. The molecule has 0 radical (unpaired) electrons. The fourth-order valence-corrected chi connectivity index (χ4v) is 3.21. The number of hydrogen-bond donors (Lipinski definition) is 0. The molecule has 0 fully saturated rings. The minimum absolute atomic E-state index is 0.0935. The number of benzene rings is 1. The summed E-state index contributed by atoms with van der Waals surface area (Å²) in [4.78, 5) is 8.64. The second-order valence-electron chi connectivity index (χ2n) is 8.64. The second kappa shape index (κ2) is 7.78. The Kier molecular flexibility index (Phi) is 5.59. The van der Waals surface area contributed by atoms with Crippen LogP contribution in [0.15, 0.2) is 48.8 Å². The third kappa shape index (κ3) is 4.44. The first-order valence-corrected chi connectivity index (χ1v) is 9.56. The van der Waals surface area contributed by atoms with E-state index in [1.807, 2.05) is 24.3 Å². The summed E-state index contributed by atoms with van der Waals surface area (Å²) in [5, 5.41) is 0. The summed E-state index contributed by atoms with van der Waals surface area (Å²) in [6.07, 6.45) is 4.22. The van der Waals surface area contributed by atoms with Gasteiger partial charge in [-0.05, 0) is 59.2 Å². The van der Waals surface area contributed by atoms with Crippen LogP contribution in [0.5, 0.6) is 0 Å². The molecule has 0 aliphatic rings. The van der Waals surface area contributed by atoms with E-state index >= 15 is 0 Å². The first kappa shape index (κ1) is 20.1. The van der Waals surface area contributed by atoms with Gasteiger partial charge in [0, 0.05) is 29.6 Å². The number of rotatable bonds is 4. The lowest BCUT2D eigenvalue weighted by Crippen LogP contribution is -2.11. The van der Waals surface area contributed by atoms with Crippen molar-refractivity contribution in [3.05, 3.63) is 71.6 Å². The van der Waals surface area contributed by atoms with Gasteiger partial charge in [-0.1, -0.05) is 34.6 Å². The van der Waals surface area contributed by atoms with Crippen LogP contribution < -0.4 is 0 Å². The van der Waals surface area contributed by atoms with E-state index in [9.17, 15) is 8.78 Å². The van der Waals surface area contributed by atoms with Crippen LogP contribution in [0, 0.1) is 17.6 Å². The standard InChI is InChI=1S/C24H26F2N2/c1-15(2)10-16-6-8-27-22(11-16)18-13-19(21(26)14-20(18)25)23-12-17(7-9-28-23)24(3,4)5/h6-9,11-15H,10H2,1-5H3. The molecule has 0 unspecified atom stereocenters. The summed E-state index contributed by atoms with van der Waals surface area (Å²) in [6, 6.07) is 10.0. The lowest BCUT2D eigenvalue weighted by Gasteiger charge is -2.19. The summed E-state index contributed by atoms with van der Waals surface area (Å²) in [7, 11) is 0. The Bertz CT molecular complexity index is 988. The fraction of sp³-hybridized carbons (Fsp3) is 0.333. The zero-order valence-electron chi connectivity index (χ0n) is 17.1. The van der Waals surface area contributed by atoms with Gasteiger partial charge in [0.15, 0.2) is 0 Å². The minimum atomic E-state index is -0.627. The predicted molar refractivity (Wildman–Crippen MR) is 110 cm³/mol. The van der Waals surface area contributed by atoms with Crippen molar-refractivity contribution in [3.8, 4) is 22.5 Å². The molecule has 2 aromatic heterocycles. The maximum atomic E-state index is 14.6. The van der Waals surface area contributed by atoms with Crippen molar-refractivity contribution in [3.63, 3.8) is 0 Å². The smallest absolute Gasteiger partial charge is 0.135 e. The highest BCUT2D eigenvalue weighted by Gasteiger charge is 2.18. The van der Waals surface area contributed by atoms with Gasteiger partial charge < -0.3 is 0 Å².